The number of nitrogens with zero attached hydrogens (tertiary/aromatic N) is 3. The second-order valence-corrected chi connectivity index (χ2v) is 7.68. The van der Waals surface area contributed by atoms with Gasteiger partial charge in [0.25, 0.3) is 12.0 Å². The van der Waals surface area contributed by atoms with Crippen molar-refractivity contribution < 1.29 is 8.78 Å². The van der Waals surface area contributed by atoms with E-state index in [0.717, 1.165) is 23.8 Å². The molecule has 2 heterocycles. The van der Waals surface area contributed by atoms with Crippen LogP contribution in [0.3, 0.4) is 0 Å². The van der Waals surface area contributed by atoms with E-state index in [4.69, 9.17) is 0 Å². The lowest BCUT2D eigenvalue weighted by Crippen LogP contribution is -2.27. The third-order valence-corrected chi connectivity index (χ3v) is 5.57. The Balaban J connectivity index is 0.00000124. The largest absolute Gasteiger partial charge is 0.365 e. The van der Waals surface area contributed by atoms with Crippen molar-refractivity contribution in [1.82, 2.24) is 14.5 Å². The molecule has 0 radical (unpaired) electrons. The number of aromatic nitrogens is 3. The van der Waals surface area contributed by atoms with Crippen LogP contribution in [0.1, 0.15) is 62.6 Å². The molecule has 1 fully saturated rings. The van der Waals surface area contributed by atoms with Crippen molar-refractivity contribution in [3.63, 3.8) is 0 Å². The molecule has 1 saturated carbocycles. The molecule has 0 bridgehead atoms. The Morgan fingerprint density at radius 1 is 1.20 bits per heavy atom. The van der Waals surface area contributed by atoms with Crippen LogP contribution in [0.4, 0.5) is 14.6 Å². The molecule has 1 aliphatic carbocycles. The zero-order valence-electron chi connectivity index (χ0n) is 18.1. The Morgan fingerprint density at radius 2 is 1.90 bits per heavy atom. The Hall–Kier alpha value is -2.83. The molecule has 1 N–H and O–H groups in total. The Labute approximate surface area is 175 Å². The van der Waals surface area contributed by atoms with Crippen molar-refractivity contribution in [3.05, 3.63) is 63.3 Å². The molecule has 1 aromatic carbocycles. The number of hydrogen-bond donors (Lipinski definition) is 1. The summed E-state index contributed by atoms with van der Waals surface area (Å²) in [6, 6.07) is 6.45. The maximum atomic E-state index is 13.2. The fourth-order valence-corrected chi connectivity index (χ4v) is 3.51. The van der Waals surface area contributed by atoms with Crippen LogP contribution in [0.25, 0.3) is 10.9 Å². The van der Waals surface area contributed by atoms with Gasteiger partial charge in [0.15, 0.2) is 0 Å². The van der Waals surface area contributed by atoms with Gasteiger partial charge in [-0.25, -0.2) is 18.7 Å². The molecule has 2 aromatic heterocycles. The standard InChI is InChI=1S/C21H22F2N4O.C2H6/c1-12-14(5-4-6-15(12)19(22)23)10-24-20-16-11-27(21(3)7-8-21)18(28)9-17(16)25-13(2)26-20;1-2/h4-6,9,11,19H,7-8,10H2,1-3H3,(H,24,25,26);1-2H3. The van der Waals surface area contributed by atoms with Crippen molar-refractivity contribution in [3.8, 4) is 0 Å². The van der Waals surface area contributed by atoms with Crippen molar-refractivity contribution in [1.29, 1.82) is 0 Å². The van der Waals surface area contributed by atoms with Gasteiger partial charge in [-0.1, -0.05) is 32.0 Å². The zero-order chi connectivity index (χ0) is 22.1. The minimum atomic E-state index is -2.50. The summed E-state index contributed by atoms with van der Waals surface area (Å²) in [7, 11) is 0. The quantitative estimate of drug-likeness (QED) is 0.599. The summed E-state index contributed by atoms with van der Waals surface area (Å²) in [6.07, 6.45) is 1.24. The number of benzene rings is 1. The third-order valence-electron chi connectivity index (χ3n) is 5.57. The Bertz CT molecular complexity index is 1120. The molecule has 7 heteroatoms. The molecule has 160 valence electrons. The molecule has 0 unspecified atom stereocenters. The van der Waals surface area contributed by atoms with E-state index < -0.39 is 6.43 Å². The lowest BCUT2D eigenvalue weighted by Gasteiger charge is -2.16. The maximum absolute atomic E-state index is 13.2. The molecule has 0 aliphatic heterocycles. The maximum Gasteiger partial charge on any atom is 0.264 e. The average Bonchev–Trinajstić information content (AvgIpc) is 3.45. The highest BCUT2D eigenvalue weighted by Gasteiger charge is 2.40. The Kier molecular flexibility index (Phi) is 6.19. The number of fused-ring (bicyclic) bond motifs is 1. The number of anilines is 1. The second-order valence-electron chi connectivity index (χ2n) is 7.68. The fraction of sp³-hybridized carbons (Fsp3) is 0.435. The van der Waals surface area contributed by atoms with E-state index in [1.807, 2.05) is 26.1 Å². The zero-order valence-corrected chi connectivity index (χ0v) is 18.1. The molecular formula is C23H28F2N4O. The minimum absolute atomic E-state index is 0.0403. The summed E-state index contributed by atoms with van der Waals surface area (Å²) in [4.78, 5) is 21.4. The van der Waals surface area contributed by atoms with E-state index in [9.17, 15) is 13.6 Å². The second kappa shape index (κ2) is 8.50. The van der Waals surface area contributed by atoms with Crippen molar-refractivity contribution in [2.75, 3.05) is 5.32 Å². The van der Waals surface area contributed by atoms with E-state index in [1.54, 1.807) is 30.5 Å². The van der Waals surface area contributed by atoms with Gasteiger partial charge in [-0.15, -0.1) is 0 Å². The number of halogens is 2. The number of rotatable bonds is 5. The van der Waals surface area contributed by atoms with Gasteiger partial charge in [-0.3, -0.25) is 4.79 Å². The average molecular weight is 415 g/mol. The summed E-state index contributed by atoms with van der Waals surface area (Å²) in [5, 5.41) is 4.01. The topological polar surface area (TPSA) is 59.8 Å². The molecule has 4 rings (SSSR count). The van der Waals surface area contributed by atoms with Gasteiger partial charge in [0, 0.05) is 29.9 Å². The summed E-state index contributed by atoms with van der Waals surface area (Å²) in [5.41, 5.74) is 1.76. The molecule has 30 heavy (non-hydrogen) atoms. The minimum Gasteiger partial charge on any atom is -0.365 e. The van der Waals surface area contributed by atoms with Gasteiger partial charge in [0.2, 0.25) is 0 Å². The van der Waals surface area contributed by atoms with E-state index in [1.165, 1.54) is 6.07 Å². The number of aryl methyl sites for hydroxylation is 1. The molecule has 5 nitrogen and oxygen atoms in total. The normalized spacial score (nSPS) is 14.4. The first-order valence-corrected chi connectivity index (χ1v) is 10.3. The van der Waals surface area contributed by atoms with Crippen LogP contribution < -0.4 is 10.9 Å². The number of pyridine rings is 1. The fourth-order valence-electron chi connectivity index (χ4n) is 3.51. The highest BCUT2D eigenvalue weighted by atomic mass is 19.3. The van der Waals surface area contributed by atoms with E-state index in [-0.39, 0.29) is 16.7 Å². The van der Waals surface area contributed by atoms with Gasteiger partial charge in [0.05, 0.1) is 10.9 Å². The van der Waals surface area contributed by atoms with Crippen LogP contribution in [-0.2, 0) is 12.1 Å². The van der Waals surface area contributed by atoms with Gasteiger partial charge >= 0.3 is 0 Å². The van der Waals surface area contributed by atoms with E-state index in [2.05, 4.69) is 22.2 Å². The van der Waals surface area contributed by atoms with Gasteiger partial charge in [-0.2, -0.15) is 0 Å². The monoisotopic (exact) mass is 414 g/mol. The number of alkyl halides is 2. The lowest BCUT2D eigenvalue weighted by atomic mass is 10.0. The van der Waals surface area contributed by atoms with Crippen molar-refractivity contribution in [2.24, 2.45) is 0 Å². The molecule has 0 spiro atoms. The first kappa shape index (κ1) is 21.9. The predicted octanol–water partition coefficient (Wildman–Crippen LogP) is 5.49. The van der Waals surface area contributed by atoms with Crippen LogP contribution in [-0.4, -0.2) is 14.5 Å². The van der Waals surface area contributed by atoms with Gasteiger partial charge in [-0.05, 0) is 44.7 Å². The Morgan fingerprint density at radius 3 is 2.53 bits per heavy atom. The molecule has 1 aliphatic rings. The molecule has 3 aromatic rings. The van der Waals surface area contributed by atoms with Crippen LogP contribution in [0.5, 0.6) is 0 Å². The number of hydrogen-bond acceptors (Lipinski definition) is 4. The van der Waals surface area contributed by atoms with E-state index in [0.29, 0.717) is 29.3 Å². The molecular weight excluding hydrogens is 386 g/mol. The van der Waals surface area contributed by atoms with Crippen molar-refractivity contribution in [2.45, 2.75) is 66.0 Å². The summed E-state index contributed by atoms with van der Waals surface area (Å²) < 4.78 is 28.1. The van der Waals surface area contributed by atoms with Crippen LogP contribution in [0.15, 0.2) is 35.3 Å². The molecule has 0 saturated heterocycles. The number of nitrogens with one attached hydrogen (secondary N) is 1. The van der Waals surface area contributed by atoms with Crippen LogP contribution >= 0.6 is 0 Å². The van der Waals surface area contributed by atoms with Crippen LogP contribution in [0, 0.1) is 13.8 Å². The highest BCUT2D eigenvalue weighted by molar-refractivity contribution is 5.88. The van der Waals surface area contributed by atoms with Crippen molar-refractivity contribution >= 4 is 16.7 Å². The summed E-state index contributed by atoms with van der Waals surface area (Å²) >= 11 is 0. The summed E-state index contributed by atoms with van der Waals surface area (Å²) in [5.74, 6) is 1.14. The first-order valence-electron chi connectivity index (χ1n) is 10.3. The highest BCUT2D eigenvalue weighted by Crippen LogP contribution is 2.42. The molecule has 0 atom stereocenters. The summed E-state index contributed by atoms with van der Waals surface area (Å²) in [6.45, 7) is 9.88. The smallest absolute Gasteiger partial charge is 0.264 e. The predicted molar refractivity (Wildman–Crippen MR) is 116 cm³/mol. The van der Waals surface area contributed by atoms with Crippen LogP contribution in [0.2, 0.25) is 0 Å². The first-order chi connectivity index (χ1) is 14.3. The SMILES string of the molecule is CC.Cc1nc(NCc2cccc(C(F)F)c2C)c2cn(C3(C)CC3)c(=O)cc2n1. The molecule has 0 amide bonds. The lowest BCUT2D eigenvalue weighted by molar-refractivity contribution is 0.150. The van der Waals surface area contributed by atoms with Gasteiger partial charge in [0.1, 0.15) is 11.6 Å². The van der Waals surface area contributed by atoms with Gasteiger partial charge < -0.3 is 9.88 Å². The third kappa shape index (κ3) is 4.20. The van der Waals surface area contributed by atoms with E-state index >= 15 is 0 Å².